The van der Waals surface area contributed by atoms with Gasteiger partial charge in [-0.2, -0.15) is 0 Å². The fraction of sp³-hybridized carbons (Fsp3) is 0.714. The van der Waals surface area contributed by atoms with Crippen molar-refractivity contribution in [2.75, 3.05) is 13.2 Å². The van der Waals surface area contributed by atoms with E-state index in [0.29, 0.717) is 0 Å². The van der Waals surface area contributed by atoms with Crippen molar-refractivity contribution in [1.29, 1.82) is 0 Å². The average molecular weight is 253 g/mol. The van der Waals surface area contributed by atoms with Crippen LogP contribution in [0.1, 0.15) is 49.5 Å². The van der Waals surface area contributed by atoms with Crippen LogP contribution in [-0.2, 0) is 11.2 Å². The van der Waals surface area contributed by atoms with Crippen molar-refractivity contribution in [3.8, 4) is 0 Å². The first kappa shape index (κ1) is 13.1. The lowest BCUT2D eigenvalue weighted by Gasteiger charge is -2.27. The van der Waals surface area contributed by atoms with Crippen molar-refractivity contribution in [2.45, 2.75) is 51.7 Å². The van der Waals surface area contributed by atoms with E-state index in [1.165, 1.54) is 9.75 Å². The lowest BCUT2D eigenvalue weighted by atomic mass is 9.95. The number of aryl methyl sites for hydroxylation is 1. The third kappa shape index (κ3) is 3.09. The zero-order valence-electron chi connectivity index (χ0n) is 11.1. The summed E-state index contributed by atoms with van der Waals surface area (Å²) in [6.07, 6.45) is 3.63. The van der Waals surface area contributed by atoms with Gasteiger partial charge in [-0.3, -0.25) is 0 Å². The van der Waals surface area contributed by atoms with Gasteiger partial charge in [0.25, 0.3) is 0 Å². The summed E-state index contributed by atoms with van der Waals surface area (Å²) >= 11 is 1.89. The van der Waals surface area contributed by atoms with Gasteiger partial charge in [-0.05, 0) is 38.3 Å². The second-order valence-electron chi connectivity index (χ2n) is 5.06. The van der Waals surface area contributed by atoms with Gasteiger partial charge in [0.2, 0.25) is 0 Å². The summed E-state index contributed by atoms with van der Waals surface area (Å²) in [6.45, 7) is 8.55. The van der Waals surface area contributed by atoms with Gasteiger partial charge in [0, 0.05) is 28.4 Å². The van der Waals surface area contributed by atoms with Crippen LogP contribution in [0, 0.1) is 0 Å². The fourth-order valence-corrected chi connectivity index (χ4v) is 3.16. The van der Waals surface area contributed by atoms with Gasteiger partial charge in [-0.15, -0.1) is 11.3 Å². The molecule has 3 heteroatoms. The highest BCUT2D eigenvalue weighted by atomic mass is 32.1. The predicted molar refractivity (Wildman–Crippen MR) is 73.7 cm³/mol. The standard InChI is InChI=1S/C14H23NOS/c1-4-11-6-7-13(17-11)12-10-15-14(3,5-2)8-9-16-12/h6-7,12,15H,4-5,8-10H2,1-3H3. The van der Waals surface area contributed by atoms with Crippen molar-refractivity contribution in [3.63, 3.8) is 0 Å². The van der Waals surface area contributed by atoms with Crippen LogP contribution in [0.2, 0.25) is 0 Å². The van der Waals surface area contributed by atoms with Gasteiger partial charge in [0.15, 0.2) is 0 Å². The SMILES string of the molecule is CCc1ccc(C2CNC(C)(CC)CCO2)s1. The van der Waals surface area contributed by atoms with Gasteiger partial charge >= 0.3 is 0 Å². The Kier molecular flexibility index (Phi) is 4.23. The summed E-state index contributed by atoms with van der Waals surface area (Å²) in [6, 6.07) is 4.46. The molecule has 0 radical (unpaired) electrons. The third-order valence-corrected chi connectivity index (χ3v) is 5.14. The van der Waals surface area contributed by atoms with E-state index >= 15 is 0 Å². The molecule has 2 nitrogen and oxygen atoms in total. The molecule has 0 bridgehead atoms. The number of hydrogen-bond donors (Lipinski definition) is 1. The second-order valence-corrected chi connectivity index (χ2v) is 6.26. The summed E-state index contributed by atoms with van der Waals surface area (Å²) < 4.78 is 5.99. The first-order valence-electron chi connectivity index (χ1n) is 6.62. The maximum atomic E-state index is 5.99. The highest BCUT2D eigenvalue weighted by molar-refractivity contribution is 7.12. The van der Waals surface area contributed by atoms with E-state index < -0.39 is 0 Å². The van der Waals surface area contributed by atoms with Gasteiger partial charge < -0.3 is 10.1 Å². The van der Waals surface area contributed by atoms with Crippen LogP contribution in [0.4, 0.5) is 0 Å². The third-order valence-electron chi connectivity index (χ3n) is 3.82. The molecular formula is C14H23NOS. The topological polar surface area (TPSA) is 21.3 Å². The van der Waals surface area contributed by atoms with Crippen LogP contribution in [0.5, 0.6) is 0 Å². The average Bonchev–Trinajstić information content (AvgIpc) is 2.74. The van der Waals surface area contributed by atoms with Crippen LogP contribution in [0.25, 0.3) is 0 Å². The monoisotopic (exact) mass is 253 g/mol. The number of hydrogen-bond acceptors (Lipinski definition) is 3. The molecule has 2 heterocycles. The summed E-state index contributed by atoms with van der Waals surface area (Å²) in [4.78, 5) is 2.82. The van der Waals surface area contributed by atoms with Crippen LogP contribution >= 0.6 is 11.3 Å². The molecule has 0 amide bonds. The van der Waals surface area contributed by atoms with E-state index in [2.05, 4.69) is 38.2 Å². The maximum Gasteiger partial charge on any atom is 0.104 e. The van der Waals surface area contributed by atoms with Crippen LogP contribution in [0.3, 0.4) is 0 Å². The second kappa shape index (κ2) is 5.51. The molecule has 1 aromatic rings. The molecule has 2 unspecified atom stereocenters. The van der Waals surface area contributed by atoms with Crippen LogP contribution < -0.4 is 5.32 Å². The highest BCUT2D eigenvalue weighted by Crippen LogP contribution is 2.29. The summed E-state index contributed by atoms with van der Waals surface area (Å²) in [5, 5.41) is 3.67. The molecule has 0 aliphatic carbocycles. The molecule has 1 aromatic heterocycles. The van der Waals surface area contributed by atoms with E-state index in [-0.39, 0.29) is 11.6 Å². The molecular weight excluding hydrogens is 230 g/mol. The lowest BCUT2D eigenvalue weighted by Crippen LogP contribution is -2.42. The molecule has 17 heavy (non-hydrogen) atoms. The first-order chi connectivity index (χ1) is 8.17. The van der Waals surface area contributed by atoms with E-state index in [1.54, 1.807) is 0 Å². The Morgan fingerprint density at radius 1 is 1.47 bits per heavy atom. The summed E-state index contributed by atoms with van der Waals surface area (Å²) in [5.41, 5.74) is 0.250. The molecule has 2 atom stereocenters. The molecule has 0 spiro atoms. The van der Waals surface area contributed by atoms with Crippen LogP contribution in [0.15, 0.2) is 12.1 Å². The molecule has 96 valence electrons. The quantitative estimate of drug-likeness (QED) is 0.890. The smallest absolute Gasteiger partial charge is 0.104 e. The zero-order chi connectivity index (χ0) is 12.3. The van der Waals surface area contributed by atoms with Gasteiger partial charge in [0.05, 0.1) is 0 Å². The summed E-state index contributed by atoms with van der Waals surface area (Å²) in [7, 11) is 0. The maximum absolute atomic E-state index is 5.99. The minimum atomic E-state index is 0.244. The van der Waals surface area contributed by atoms with Crippen molar-refractivity contribution < 1.29 is 4.74 Å². The Hall–Kier alpha value is -0.380. The Balaban J connectivity index is 2.03. The van der Waals surface area contributed by atoms with E-state index in [0.717, 1.165) is 32.4 Å². The number of ether oxygens (including phenoxy) is 1. The normalized spacial score (nSPS) is 30.2. The van der Waals surface area contributed by atoms with Gasteiger partial charge in [0.1, 0.15) is 6.10 Å². The fourth-order valence-electron chi connectivity index (χ4n) is 2.15. The highest BCUT2D eigenvalue weighted by Gasteiger charge is 2.27. The molecule has 1 fully saturated rings. The molecule has 0 aromatic carbocycles. The van der Waals surface area contributed by atoms with E-state index in [9.17, 15) is 0 Å². The predicted octanol–water partition coefficient (Wildman–Crippen LogP) is 3.53. The number of rotatable bonds is 3. The summed E-state index contributed by atoms with van der Waals surface area (Å²) in [5.74, 6) is 0. The Morgan fingerprint density at radius 2 is 2.29 bits per heavy atom. The Bertz CT molecular complexity index is 363. The van der Waals surface area contributed by atoms with Crippen molar-refractivity contribution in [2.24, 2.45) is 0 Å². The minimum absolute atomic E-state index is 0.244. The Labute approximate surface area is 108 Å². The van der Waals surface area contributed by atoms with E-state index in [4.69, 9.17) is 4.74 Å². The largest absolute Gasteiger partial charge is 0.371 e. The minimum Gasteiger partial charge on any atom is -0.371 e. The van der Waals surface area contributed by atoms with Crippen molar-refractivity contribution >= 4 is 11.3 Å². The van der Waals surface area contributed by atoms with Crippen molar-refractivity contribution in [1.82, 2.24) is 5.32 Å². The van der Waals surface area contributed by atoms with E-state index in [1.807, 2.05) is 11.3 Å². The van der Waals surface area contributed by atoms with Gasteiger partial charge in [-0.1, -0.05) is 13.8 Å². The molecule has 2 rings (SSSR count). The van der Waals surface area contributed by atoms with Gasteiger partial charge in [-0.25, -0.2) is 0 Å². The lowest BCUT2D eigenvalue weighted by molar-refractivity contribution is 0.0677. The van der Waals surface area contributed by atoms with Crippen LogP contribution in [-0.4, -0.2) is 18.7 Å². The van der Waals surface area contributed by atoms with Crippen molar-refractivity contribution in [3.05, 3.63) is 21.9 Å². The Morgan fingerprint density at radius 3 is 2.94 bits per heavy atom. The molecule has 1 N–H and O–H groups in total. The molecule has 0 saturated carbocycles. The molecule has 1 aliphatic rings. The zero-order valence-corrected chi connectivity index (χ0v) is 11.9. The molecule has 1 aliphatic heterocycles. The first-order valence-corrected chi connectivity index (χ1v) is 7.44. The molecule has 1 saturated heterocycles. The number of nitrogens with one attached hydrogen (secondary N) is 1. The number of thiophene rings is 1.